The highest BCUT2D eigenvalue weighted by molar-refractivity contribution is 5.96. The van der Waals surface area contributed by atoms with Crippen LogP contribution >= 0.6 is 0 Å². The molecular formula is C22H24F2N2O5. The highest BCUT2D eigenvalue weighted by Gasteiger charge is 2.32. The molecule has 1 aliphatic rings. The molecule has 1 N–H and O–H groups in total. The summed E-state index contributed by atoms with van der Waals surface area (Å²) in [6, 6.07) is 10.7. The van der Waals surface area contributed by atoms with Crippen molar-refractivity contribution in [1.82, 2.24) is 10.2 Å². The molecule has 2 aromatic carbocycles. The van der Waals surface area contributed by atoms with Gasteiger partial charge in [0.25, 0.3) is 5.91 Å². The van der Waals surface area contributed by atoms with E-state index in [1.54, 1.807) is 25.2 Å². The highest BCUT2D eigenvalue weighted by Crippen LogP contribution is 2.38. The summed E-state index contributed by atoms with van der Waals surface area (Å²) in [6.45, 7) is -2.64. The van der Waals surface area contributed by atoms with Gasteiger partial charge in [-0.2, -0.15) is 8.78 Å². The molecule has 0 aromatic heterocycles. The van der Waals surface area contributed by atoms with Crippen LogP contribution in [0.15, 0.2) is 42.5 Å². The van der Waals surface area contributed by atoms with Gasteiger partial charge >= 0.3 is 6.61 Å². The van der Waals surface area contributed by atoms with E-state index in [0.29, 0.717) is 18.0 Å². The molecule has 1 aliphatic heterocycles. The fourth-order valence-corrected chi connectivity index (χ4v) is 3.66. The normalized spacial score (nSPS) is 15.6. The van der Waals surface area contributed by atoms with Gasteiger partial charge in [-0.05, 0) is 43.2 Å². The molecule has 1 heterocycles. The van der Waals surface area contributed by atoms with Gasteiger partial charge in [0.1, 0.15) is 17.2 Å². The minimum absolute atomic E-state index is 0.125. The van der Waals surface area contributed by atoms with Gasteiger partial charge in [0.15, 0.2) is 0 Å². The van der Waals surface area contributed by atoms with E-state index in [2.05, 4.69) is 10.1 Å². The van der Waals surface area contributed by atoms with E-state index in [0.717, 1.165) is 18.4 Å². The number of alkyl halides is 2. The topological polar surface area (TPSA) is 77.1 Å². The fourth-order valence-electron chi connectivity index (χ4n) is 3.66. The highest BCUT2D eigenvalue weighted by atomic mass is 19.3. The van der Waals surface area contributed by atoms with Crippen LogP contribution in [0, 0.1) is 0 Å². The first kappa shape index (κ1) is 22.3. The van der Waals surface area contributed by atoms with Crippen molar-refractivity contribution in [2.24, 2.45) is 0 Å². The average molecular weight is 434 g/mol. The molecule has 0 aliphatic carbocycles. The molecule has 0 unspecified atom stereocenters. The third kappa shape index (κ3) is 5.42. The molecule has 0 saturated carbocycles. The minimum atomic E-state index is -2.98. The number of amides is 2. The zero-order valence-electron chi connectivity index (χ0n) is 17.3. The summed E-state index contributed by atoms with van der Waals surface area (Å²) >= 11 is 0. The maximum atomic E-state index is 12.8. The van der Waals surface area contributed by atoms with Crippen LogP contribution in [0.3, 0.4) is 0 Å². The first-order valence-corrected chi connectivity index (χ1v) is 9.77. The van der Waals surface area contributed by atoms with Crippen LogP contribution in [0.1, 0.15) is 34.8 Å². The SMILES string of the molecule is COc1ccc([C@@H]2CCCN2C(=O)CNC(=O)c2cccc(OC(F)F)c2)c(OC)c1. The van der Waals surface area contributed by atoms with Gasteiger partial charge < -0.3 is 24.4 Å². The van der Waals surface area contributed by atoms with Crippen LogP contribution in [0.25, 0.3) is 0 Å². The molecule has 0 spiro atoms. The van der Waals surface area contributed by atoms with Crippen LogP contribution in [0.5, 0.6) is 17.2 Å². The Morgan fingerprint density at radius 2 is 1.94 bits per heavy atom. The summed E-state index contributed by atoms with van der Waals surface area (Å²) in [5, 5.41) is 2.55. The molecule has 7 nitrogen and oxygen atoms in total. The Hall–Kier alpha value is -3.36. The lowest BCUT2D eigenvalue weighted by atomic mass is 10.0. The summed E-state index contributed by atoms with van der Waals surface area (Å²) < 4.78 is 39.7. The number of rotatable bonds is 8. The Kier molecular flexibility index (Phi) is 7.28. The second-order valence-electron chi connectivity index (χ2n) is 6.94. The molecule has 1 fully saturated rings. The van der Waals surface area contributed by atoms with E-state index < -0.39 is 12.5 Å². The van der Waals surface area contributed by atoms with Crippen molar-refractivity contribution < 1.29 is 32.6 Å². The molecule has 166 valence electrons. The molecule has 1 atom stereocenters. The molecule has 0 bridgehead atoms. The summed E-state index contributed by atoms with van der Waals surface area (Å²) in [4.78, 5) is 26.9. The Morgan fingerprint density at radius 3 is 2.65 bits per heavy atom. The van der Waals surface area contributed by atoms with Crippen molar-refractivity contribution in [3.63, 3.8) is 0 Å². The number of carbonyl (C=O) groups is 2. The standard InChI is InChI=1S/C22H24F2N2O5/c1-29-15-8-9-17(19(12-15)30-2)18-7-4-10-26(18)20(27)13-25-21(28)14-5-3-6-16(11-14)31-22(23)24/h3,5-6,8-9,11-12,18,22H,4,7,10,13H2,1-2H3,(H,25,28)/t18-/m0/s1. The zero-order valence-corrected chi connectivity index (χ0v) is 17.3. The lowest BCUT2D eigenvalue weighted by Crippen LogP contribution is -2.39. The number of nitrogens with one attached hydrogen (secondary N) is 1. The van der Waals surface area contributed by atoms with E-state index in [9.17, 15) is 18.4 Å². The Labute approximate surface area is 178 Å². The number of halogens is 2. The summed E-state index contributed by atoms with van der Waals surface area (Å²) in [6.07, 6.45) is 1.60. The van der Waals surface area contributed by atoms with Gasteiger partial charge in [0, 0.05) is 23.7 Å². The lowest BCUT2D eigenvalue weighted by molar-refractivity contribution is -0.131. The predicted octanol–water partition coefficient (Wildman–Crippen LogP) is 3.40. The number of carbonyl (C=O) groups excluding carboxylic acids is 2. The number of hydrogen-bond donors (Lipinski definition) is 1. The van der Waals surface area contributed by atoms with Crippen LogP contribution in [0.2, 0.25) is 0 Å². The van der Waals surface area contributed by atoms with E-state index in [1.807, 2.05) is 12.1 Å². The Balaban J connectivity index is 1.66. The fraction of sp³-hybridized carbons (Fsp3) is 0.364. The van der Waals surface area contributed by atoms with Crippen molar-refractivity contribution in [1.29, 1.82) is 0 Å². The van der Waals surface area contributed by atoms with Crippen LogP contribution in [0.4, 0.5) is 8.78 Å². The van der Waals surface area contributed by atoms with Crippen LogP contribution < -0.4 is 19.5 Å². The number of benzene rings is 2. The second-order valence-corrected chi connectivity index (χ2v) is 6.94. The Bertz CT molecular complexity index is 938. The summed E-state index contributed by atoms with van der Waals surface area (Å²) in [7, 11) is 3.13. The molecule has 0 radical (unpaired) electrons. The molecular weight excluding hydrogens is 410 g/mol. The zero-order chi connectivity index (χ0) is 22.4. The second kappa shape index (κ2) is 10.1. The van der Waals surface area contributed by atoms with Gasteiger partial charge in [-0.15, -0.1) is 0 Å². The van der Waals surface area contributed by atoms with Gasteiger partial charge in [-0.3, -0.25) is 9.59 Å². The minimum Gasteiger partial charge on any atom is -0.497 e. The van der Waals surface area contributed by atoms with E-state index in [1.165, 1.54) is 24.3 Å². The van der Waals surface area contributed by atoms with Gasteiger partial charge in [0.2, 0.25) is 5.91 Å². The number of ether oxygens (including phenoxy) is 3. The van der Waals surface area contributed by atoms with E-state index in [4.69, 9.17) is 9.47 Å². The number of hydrogen-bond acceptors (Lipinski definition) is 5. The van der Waals surface area contributed by atoms with E-state index >= 15 is 0 Å². The maximum absolute atomic E-state index is 12.8. The third-order valence-electron chi connectivity index (χ3n) is 5.09. The van der Waals surface area contributed by atoms with Crippen molar-refractivity contribution in [2.45, 2.75) is 25.5 Å². The molecule has 3 rings (SSSR count). The average Bonchev–Trinajstić information content (AvgIpc) is 3.26. The van der Waals surface area contributed by atoms with Gasteiger partial charge in [-0.25, -0.2) is 0 Å². The quantitative estimate of drug-likeness (QED) is 0.689. The monoisotopic (exact) mass is 434 g/mol. The molecule has 9 heteroatoms. The van der Waals surface area contributed by atoms with Crippen molar-refractivity contribution >= 4 is 11.8 Å². The van der Waals surface area contributed by atoms with Crippen molar-refractivity contribution in [3.05, 3.63) is 53.6 Å². The molecule has 1 saturated heterocycles. The summed E-state index contributed by atoms with van der Waals surface area (Å²) in [5.74, 6) is 0.366. The molecule has 31 heavy (non-hydrogen) atoms. The summed E-state index contributed by atoms with van der Waals surface area (Å²) in [5.41, 5.74) is 0.998. The first-order valence-electron chi connectivity index (χ1n) is 9.77. The van der Waals surface area contributed by atoms with E-state index in [-0.39, 0.29) is 29.8 Å². The molecule has 2 aromatic rings. The smallest absolute Gasteiger partial charge is 0.387 e. The van der Waals surface area contributed by atoms with Crippen LogP contribution in [-0.4, -0.2) is 50.6 Å². The lowest BCUT2D eigenvalue weighted by Gasteiger charge is -2.26. The molecule has 2 amide bonds. The number of nitrogens with zero attached hydrogens (tertiary/aromatic N) is 1. The predicted molar refractivity (Wildman–Crippen MR) is 109 cm³/mol. The largest absolute Gasteiger partial charge is 0.497 e. The maximum Gasteiger partial charge on any atom is 0.387 e. The number of methoxy groups -OCH3 is 2. The van der Waals surface area contributed by atoms with Crippen molar-refractivity contribution in [2.75, 3.05) is 27.3 Å². The van der Waals surface area contributed by atoms with Gasteiger partial charge in [-0.1, -0.05) is 6.07 Å². The third-order valence-corrected chi connectivity index (χ3v) is 5.09. The van der Waals surface area contributed by atoms with Gasteiger partial charge in [0.05, 0.1) is 26.8 Å². The van der Waals surface area contributed by atoms with Crippen molar-refractivity contribution in [3.8, 4) is 17.2 Å². The Morgan fingerprint density at radius 1 is 1.13 bits per heavy atom. The van der Waals surface area contributed by atoms with Crippen LogP contribution in [-0.2, 0) is 4.79 Å². The number of likely N-dealkylation sites (tertiary alicyclic amines) is 1. The first-order chi connectivity index (χ1) is 14.9.